The lowest BCUT2D eigenvalue weighted by atomic mass is 9.83. The molecule has 0 N–H and O–H groups in total. The number of para-hydroxylation sites is 4. The van der Waals surface area contributed by atoms with Crippen LogP contribution in [0.25, 0.3) is 98.4 Å². The molecule has 82 heavy (non-hydrogen) atoms. The number of fused-ring (bicyclic) bond motifs is 12. The molecule has 0 bridgehead atoms. The van der Waals surface area contributed by atoms with E-state index in [0.717, 1.165) is 124 Å². The van der Waals surface area contributed by atoms with Crippen LogP contribution >= 0.6 is 0 Å². The Bertz CT molecular complexity index is 5110. The predicted octanol–water partition coefficient (Wildman–Crippen LogP) is 22.4. The lowest BCUT2D eigenvalue weighted by molar-refractivity contribution is 0.444. The highest BCUT2D eigenvalue weighted by atomic mass is 15.2. The number of rotatable bonds is 10. The molecule has 11 aromatic carbocycles. The van der Waals surface area contributed by atoms with Crippen molar-refractivity contribution in [2.75, 3.05) is 9.80 Å². The molecule has 2 fully saturated rings. The minimum Gasteiger partial charge on any atom is -0.309 e. The number of hydrogen-bond acceptors (Lipinski definition) is 2. The van der Waals surface area contributed by atoms with Crippen molar-refractivity contribution < 1.29 is 13.7 Å². The van der Waals surface area contributed by atoms with Gasteiger partial charge in [-0.15, -0.1) is 0 Å². The van der Waals surface area contributed by atoms with Gasteiger partial charge in [0.2, 0.25) is 0 Å². The minimum absolute atomic E-state index is 0.0633. The third kappa shape index (κ3) is 7.29. The summed E-state index contributed by atoms with van der Waals surface area (Å²) in [6.07, 6.45) is 11.5. The summed E-state index contributed by atoms with van der Waals surface area (Å²) >= 11 is 0. The van der Waals surface area contributed by atoms with Crippen LogP contribution in [-0.2, 0) is 0 Å². The van der Waals surface area contributed by atoms with Gasteiger partial charge in [-0.3, -0.25) is 0 Å². The lowest BCUT2D eigenvalue weighted by Gasteiger charge is -2.29. The van der Waals surface area contributed by atoms with E-state index < -0.39 is 36.3 Å². The summed E-state index contributed by atoms with van der Waals surface area (Å²) < 4.78 is 97.5. The molecule has 0 saturated heterocycles. The van der Waals surface area contributed by atoms with Gasteiger partial charge in [0.25, 0.3) is 0 Å². The van der Waals surface area contributed by atoms with Gasteiger partial charge in [0, 0.05) is 65.6 Å². The van der Waals surface area contributed by atoms with Crippen molar-refractivity contribution in [2.45, 2.75) is 76.0 Å². The Morgan fingerprint density at radius 2 is 0.732 bits per heavy atom. The molecule has 4 heterocycles. The third-order valence-corrected chi connectivity index (χ3v) is 18.5. The van der Waals surface area contributed by atoms with E-state index >= 15 is 0 Å². The fraction of sp³-hybridized carbons (Fsp3) is 0.154. The van der Waals surface area contributed by atoms with Gasteiger partial charge in [0.15, 0.2) is 0 Å². The summed E-state index contributed by atoms with van der Waals surface area (Å²) in [5.74, 6) is 0.758. The van der Waals surface area contributed by atoms with E-state index in [-0.39, 0.29) is 35.5 Å². The molecule has 2 aliphatic carbocycles. The monoisotopic (exact) mass is 1060 g/mol. The van der Waals surface area contributed by atoms with Crippen molar-refractivity contribution in [3.8, 4) is 22.3 Å². The molecule has 0 aliphatic heterocycles. The summed E-state index contributed by atoms with van der Waals surface area (Å²) in [5.41, 5.74) is 14.8. The molecule has 2 aliphatic rings. The number of hydrogen-bond donors (Lipinski definition) is 0. The van der Waals surface area contributed by atoms with Gasteiger partial charge in [-0.05, 0) is 145 Å². The molecule has 0 radical (unpaired) electrons. The first kappa shape index (κ1) is 38.3. The quantitative estimate of drug-likeness (QED) is 0.136. The SMILES string of the molecule is [2H]c1c([2H])c([2H])c(N(c2ccccc2-c2ccccc2)c2ccc3c4cc5c(cc4n4c6ccc(C7CCCCC7)cc6c2c34)c2ccc(N(c3ccccc3-c3ccccc3)c3c([2H])c([2H])c([2H])c([2H])c3[2H])c3c4cc(C6CCCCC6)ccc4n5c23)c([2H])c1[2H]. The smallest absolute Gasteiger partial charge is 0.0645 e. The molecule has 15 aromatic rings. The Hall–Kier alpha value is -9.38. The summed E-state index contributed by atoms with van der Waals surface area (Å²) in [4.78, 5) is 3.84. The van der Waals surface area contributed by atoms with E-state index in [1.807, 2.05) is 119 Å². The fourth-order valence-corrected chi connectivity index (χ4v) is 14.9. The van der Waals surface area contributed by atoms with Crippen LogP contribution in [0, 0.1) is 0 Å². The van der Waals surface area contributed by atoms with Crippen molar-refractivity contribution in [1.82, 2.24) is 8.80 Å². The molecule has 0 amide bonds. The van der Waals surface area contributed by atoms with Crippen LogP contribution in [0.1, 0.15) is 101 Å². The Kier molecular flexibility index (Phi) is 8.94. The van der Waals surface area contributed by atoms with Gasteiger partial charge in [-0.25, -0.2) is 0 Å². The molecule has 4 aromatic heterocycles. The Morgan fingerprint density at radius 3 is 1.16 bits per heavy atom. The lowest BCUT2D eigenvalue weighted by Crippen LogP contribution is -2.11. The zero-order chi connectivity index (χ0) is 62.5. The average molecular weight is 1070 g/mol. The van der Waals surface area contributed by atoms with Crippen molar-refractivity contribution in [2.24, 2.45) is 0 Å². The van der Waals surface area contributed by atoms with Crippen LogP contribution < -0.4 is 9.80 Å². The van der Waals surface area contributed by atoms with Crippen LogP contribution in [0.15, 0.2) is 242 Å². The van der Waals surface area contributed by atoms with Crippen LogP contribution in [0.3, 0.4) is 0 Å². The van der Waals surface area contributed by atoms with Gasteiger partial charge in [-0.1, -0.05) is 196 Å². The van der Waals surface area contributed by atoms with Gasteiger partial charge in [0.1, 0.15) is 0 Å². The minimum atomic E-state index is -0.453. The Morgan fingerprint density at radius 1 is 0.329 bits per heavy atom. The highest BCUT2D eigenvalue weighted by Crippen LogP contribution is 2.54. The summed E-state index contributed by atoms with van der Waals surface area (Å²) in [6.45, 7) is 0. The molecule has 394 valence electrons. The molecule has 17 rings (SSSR count). The molecule has 4 nitrogen and oxygen atoms in total. The topological polar surface area (TPSA) is 15.3 Å². The Balaban J connectivity index is 0.990. The molecular weight excluding hydrogens is 993 g/mol. The second-order valence-electron chi connectivity index (χ2n) is 22.9. The van der Waals surface area contributed by atoms with E-state index in [4.69, 9.17) is 8.22 Å². The maximum absolute atomic E-state index is 9.68. The highest BCUT2D eigenvalue weighted by molar-refractivity contribution is 6.32. The highest BCUT2D eigenvalue weighted by Gasteiger charge is 2.31. The third-order valence-electron chi connectivity index (χ3n) is 18.5. The van der Waals surface area contributed by atoms with E-state index in [2.05, 4.69) is 81.6 Å². The molecule has 0 atom stereocenters. The molecule has 4 heteroatoms. The standard InChI is InChI=1S/C78H62N4/c1-7-23-51(24-8-1)55-39-43-69-65(47-55)75-71(79(57-31-15-5-16-32-57)67-37-21-19-35-59(67)53-27-11-3-12-28-53)45-41-61-63-50-74-64(49-73(63)81(69)77(61)75)62-42-46-72(76-66-48-56(52-25-9-2-10-26-52)40-44-70(66)82(74)78(62)76)80(58-33-17-6-18-34-58)68-38-22-20-36-60(68)54-29-13-4-14-30-54/h3-6,11-22,27-52H,1-2,7-10,23-26H2/i5D,6D,15D,16D,17D,18D,31D,32D,33D,34D. The van der Waals surface area contributed by atoms with E-state index in [9.17, 15) is 5.48 Å². The number of benzene rings is 11. The zero-order valence-corrected chi connectivity index (χ0v) is 45.3. The normalized spacial score (nSPS) is 16.4. The van der Waals surface area contributed by atoms with Crippen molar-refractivity contribution in [1.29, 1.82) is 0 Å². The first-order valence-electron chi connectivity index (χ1n) is 34.3. The van der Waals surface area contributed by atoms with Crippen LogP contribution in [0.2, 0.25) is 0 Å². The van der Waals surface area contributed by atoms with E-state index in [1.54, 1.807) is 0 Å². The predicted molar refractivity (Wildman–Crippen MR) is 348 cm³/mol. The Labute approximate surface area is 492 Å². The molecular formula is C78H62N4. The van der Waals surface area contributed by atoms with Crippen molar-refractivity contribution >= 4 is 110 Å². The zero-order valence-electron chi connectivity index (χ0n) is 55.3. The summed E-state index contributed by atoms with van der Waals surface area (Å²) in [6, 6.07) is 59.3. The van der Waals surface area contributed by atoms with Crippen molar-refractivity contribution in [3.63, 3.8) is 0 Å². The molecule has 0 spiro atoms. The number of nitrogens with zero attached hydrogens (tertiary/aromatic N) is 4. The molecule has 0 unspecified atom stereocenters. The first-order valence-corrected chi connectivity index (χ1v) is 29.3. The maximum atomic E-state index is 9.68. The number of aromatic nitrogens is 2. The largest absolute Gasteiger partial charge is 0.309 e. The fourth-order valence-electron chi connectivity index (χ4n) is 14.9. The van der Waals surface area contributed by atoms with Gasteiger partial charge >= 0.3 is 0 Å². The van der Waals surface area contributed by atoms with Crippen LogP contribution in [0.4, 0.5) is 34.1 Å². The average Bonchev–Trinajstić information content (AvgIpc) is 1.50. The first-order chi connectivity index (χ1) is 44.9. The second kappa shape index (κ2) is 19.1. The van der Waals surface area contributed by atoms with Crippen molar-refractivity contribution in [3.05, 3.63) is 254 Å². The van der Waals surface area contributed by atoms with Gasteiger partial charge < -0.3 is 18.6 Å². The van der Waals surface area contributed by atoms with E-state index in [0.29, 0.717) is 34.6 Å². The van der Waals surface area contributed by atoms with Gasteiger partial charge in [-0.2, -0.15) is 0 Å². The van der Waals surface area contributed by atoms with Crippen LogP contribution in [-0.4, -0.2) is 8.80 Å². The maximum Gasteiger partial charge on any atom is 0.0645 e. The molecule has 2 saturated carbocycles. The van der Waals surface area contributed by atoms with Gasteiger partial charge in [0.05, 0.1) is 69.6 Å². The van der Waals surface area contributed by atoms with Crippen LogP contribution in [0.5, 0.6) is 0 Å². The summed E-state index contributed by atoms with van der Waals surface area (Å²) in [5, 5.41) is 7.91. The van der Waals surface area contributed by atoms with E-state index in [1.165, 1.54) is 49.7 Å². The second-order valence-corrected chi connectivity index (χ2v) is 22.9. The summed E-state index contributed by atoms with van der Waals surface area (Å²) in [7, 11) is 0. The number of anilines is 6.